The van der Waals surface area contributed by atoms with Crippen LogP contribution in [0.15, 0.2) is 0 Å². The molecule has 0 bridgehead atoms. The summed E-state index contributed by atoms with van der Waals surface area (Å²) in [5, 5.41) is 12.6. The number of thioether (sulfide) groups is 1. The Bertz CT molecular complexity index is 179. The smallest absolute Gasteiger partial charge is 0.304 e. The maximum atomic E-state index is 10.3. The third kappa shape index (κ3) is 4.33. The molecule has 4 heteroatoms. The van der Waals surface area contributed by atoms with Crippen LogP contribution in [0.4, 0.5) is 0 Å². The normalized spacial score (nSPS) is 27.5. The molecule has 2 N–H and O–H groups in total. The van der Waals surface area contributed by atoms with Gasteiger partial charge in [0.25, 0.3) is 0 Å². The SMILES string of the molecule is CSC1CCC(NCCC(=O)O)CC1. The summed E-state index contributed by atoms with van der Waals surface area (Å²) in [5.41, 5.74) is 0. The van der Waals surface area contributed by atoms with Crippen LogP contribution in [0.2, 0.25) is 0 Å². The van der Waals surface area contributed by atoms with Gasteiger partial charge in [-0.15, -0.1) is 0 Å². The summed E-state index contributed by atoms with van der Waals surface area (Å²) in [7, 11) is 0. The van der Waals surface area contributed by atoms with Crippen LogP contribution >= 0.6 is 11.8 Å². The lowest BCUT2D eigenvalue weighted by atomic mass is 9.95. The van der Waals surface area contributed by atoms with E-state index >= 15 is 0 Å². The number of carboxylic acids is 1. The van der Waals surface area contributed by atoms with E-state index in [2.05, 4.69) is 11.6 Å². The number of nitrogens with one attached hydrogen (secondary N) is 1. The van der Waals surface area contributed by atoms with Gasteiger partial charge in [0.2, 0.25) is 0 Å². The highest BCUT2D eigenvalue weighted by atomic mass is 32.2. The largest absolute Gasteiger partial charge is 0.481 e. The van der Waals surface area contributed by atoms with E-state index in [-0.39, 0.29) is 6.42 Å². The molecule has 3 nitrogen and oxygen atoms in total. The van der Waals surface area contributed by atoms with Crippen LogP contribution in [0, 0.1) is 0 Å². The molecule has 0 aliphatic heterocycles. The zero-order chi connectivity index (χ0) is 10.4. The quantitative estimate of drug-likeness (QED) is 0.736. The molecule has 1 aliphatic rings. The molecule has 1 saturated carbocycles. The Morgan fingerprint density at radius 1 is 1.43 bits per heavy atom. The first-order chi connectivity index (χ1) is 6.72. The molecular weight excluding hydrogens is 198 g/mol. The van der Waals surface area contributed by atoms with Crippen molar-refractivity contribution in [1.82, 2.24) is 5.32 Å². The third-order valence-corrected chi connectivity index (χ3v) is 3.92. The van der Waals surface area contributed by atoms with E-state index in [1.54, 1.807) is 0 Å². The van der Waals surface area contributed by atoms with Crippen LogP contribution in [-0.2, 0) is 4.79 Å². The summed E-state index contributed by atoms with van der Waals surface area (Å²) in [6.07, 6.45) is 7.35. The highest BCUT2D eigenvalue weighted by Gasteiger charge is 2.19. The van der Waals surface area contributed by atoms with Crippen molar-refractivity contribution in [2.45, 2.75) is 43.4 Å². The molecule has 0 radical (unpaired) electrons. The summed E-state index contributed by atoms with van der Waals surface area (Å²) < 4.78 is 0. The second kappa shape index (κ2) is 6.30. The van der Waals surface area contributed by atoms with Gasteiger partial charge in [-0.1, -0.05) is 0 Å². The first-order valence-electron chi connectivity index (χ1n) is 5.20. The molecule has 0 amide bonds. The van der Waals surface area contributed by atoms with Crippen LogP contribution in [0.3, 0.4) is 0 Å². The molecule has 1 fully saturated rings. The molecule has 0 aromatic carbocycles. The Hall–Kier alpha value is -0.220. The highest BCUT2D eigenvalue weighted by molar-refractivity contribution is 7.99. The average Bonchev–Trinajstić information content (AvgIpc) is 2.18. The van der Waals surface area contributed by atoms with Crippen molar-refractivity contribution < 1.29 is 9.90 Å². The van der Waals surface area contributed by atoms with Gasteiger partial charge in [-0.3, -0.25) is 4.79 Å². The molecule has 14 heavy (non-hydrogen) atoms. The number of hydrogen-bond acceptors (Lipinski definition) is 3. The van der Waals surface area contributed by atoms with Gasteiger partial charge in [0.05, 0.1) is 6.42 Å². The number of carbonyl (C=O) groups is 1. The van der Waals surface area contributed by atoms with E-state index in [0.717, 1.165) is 5.25 Å². The molecule has 0 aromatic heterocycles. The second-order valence-corrected chi connectivity index (χ2v) is 4.95. The Kier molecular flexibility index (Phi) is 5.33. The van der Waals surface area contributed by atoms with Crippen molar-refractivity contribution >= 4 is 17.7 Å². The van der Waals surface area contributed by atoms with E-state index in [1.165, 1.54) is 25.7 Å². The number of rotatable bonds is 5. The Morgan fingerprint density at radius 2 is 2.07 bits per heavy atom. The molecule has 0 spiro atoms. The Balaban J connectivity index is 2.07. The van der Waals surface area contributed by atoms with Gasteiger partial charge in [-0.25, -0.2) is 0 Å². The van der Waals surface area contributed by atoms with Crippen molar-refractivity contribution in [2.75, 3.05) is 12.8 Å². The summed E-state index contributed by atoms with van der Waals surface area (Å²) >= 11 is 1.95. The van der Waals surface area contributed by atoms with Crippen molar-refractivity contribution in [3.05, 3.63) is 0 Å². The predicted molar refractivity (Wildman–Crippen MR) is 59.8 cm³/mol. The predicted octanol–water partition coefficient (Wildman–Crippen LogP) is 1.72. The molecule has 82 valence electrons. The molecule has 0 heterocycles. The third-order valence-electron chi connectivity index (χ3n) is 2.78. The Labute approximate surface area is 89.6 Å². The molecule has 1 rings (SSSR count). The van der Waals surface area contributed by atoms with Crippen molar-refractivity contribution in [3.63, 3.8) is 0 Å². The zero-order valence-electron chi connectivity index (χ0n) is 8.66. The summed E-state index contributed by atoms with van der Waals surface area (Å²) in [5.74, 6) is -0.713. The minimum atomic E-state index is -0.713. The van der Waals surface area contributed by atoms with Crippen molar-refractivity contribution in [3.8, 4) is 0 Å². The van der Waals surface area contributed by atoms with Crippen LogP contribution in [-0.4, -0.2) is 35.2 Å². The first-order valence-corrected chi connectivity index (χ1v) is 6.49. The van der Waals surface area contributed by atoms with Crippen molar-refractivity contribution in [1.29, 1.82) is 0 Å². The van der Waals surface area contributed by atoms with Crippen LogP contribution < -0.4 is 5.32 Å². The van der Waals surface area contributed by atoms with Gasteiger partial charge in [0, 0.05) is 17.8 Å². The average molecular weight is 217 g/mol. The minimum absolute atomic E-state index is 0.239. The van der Waals surface area contributed by atoms with E-state index in [9.17, 15) is 4.79 Å². The van der Waals surface area contributed by atoms with Crippen molar-refractivity contribution in [2.24, 2.45) is 0 Å². The topological polar surface area (TPSA) is 49.3 Å². The zero-order valence-corrected chi connectivity index (χ0v) is 9.48. The molecule has 0 aromatic rings. The van der Waals surface area contributed by atoms with Crippen LogP contribution in [0.1, 0.15) is 32.1 Å². The maximum absolute atomic E-state index is 10.3. The molecular formula is C10H19NO2S. The van der Waals surface area contributed by atoms with E-state index in [1.807, 2.05) is 11.8 Å². The number of hydrogen-bond donors (Lipinski definition) is 2. The summed E-state index contributed by atoms with van der Waals surface area (Å²) in [4.78, 5) is 10.3. The number of aliphatic carboxylic acids is 1. The lowest BCUT2D eigenvalue weighted by Gasteiger charge is -2.27. The van der Waals surface area contributed by atoms with Gasteiger partial charge >= 0.3 is 5.97 Å². The van der Waals surface area contributed by atoms with E-state index in [4.69, 9.17) is 5.11 Å². The fourth-order valence-electron chi connectivity index (χ4n) is 1.89. The standard InChI is InChI=1S/C10H19NO2S/c1-14-9-4-2-8(3-5-9)11-7-6-10(12)13/h8-9,11H,2-7H2,1H3,(H,12,13). The minimum Gasteiger partial charge on any atom is -0.481 e. The monoisotopic (exact) mass is 217 g/mol. The fraction of sp³-hybridized carbons (Fsp3) is 0.900. The summed E-state index contributed by atoms with van der Waals surface area (Å²) in [6.45, 7) is 0.615. The Morgan fingerprint density at radius 3 is 2.57 bits per heavy atom. The first kappa shape index (κ1) is 11.9. The molecule has 1 aliphatic carbocycles. The van der Waals surface area contributed by atoms with Gasteiger partial charge in [0.1, 0.15) is 0 Å². The second-order valence-electron chi connectivity index (χ2n) is 3.81. The van der Waals surface area contributed by atoms with Gasteiger partial charge in [-0.2, -0.15) is 11.8 Å². The number of carboxylic acid groups (broad SMARTS) is 1. The summed E-state index contributed by atoms with van der Waals surface area (Å²) in [6, 6.07) is 0.553. The maximum Gasteiger partial charge on any atom is 0.304 e. The van der Waals surface area contributed by atoms with Gasteiger partial charge in [-0.05, 0) is 31.9 Å². The van der Waals surface area contributed by atoms with Gasteiger partial charge < -0.3 is 10.4 Å². The lowest BCUT2D eigenvalue weighted by Crippen LogP contribution is -2.35. The van der Waals surface area contributed by atoms with Crippen LogP contribution in [0.5, 0.6) is 0 Å². The lowest BCUT2D eigenvalue weighted by molar-refractivity contribution is -0.136. The molecule has 0 saturated heterocycles. The van der Waals surface area contributed by atoms with E-state index < -0.39 is 5.97 Å². The molecule has 0 unspecified atom stereocenters. The highest BCUT2D eigenvalue weighted by Crippen LogP contribution is 2.26. The fourth-order valence-corrected chi connectivity index (χ4v) is 2.63. The molecule has 0 atom stereocenters. The van der Waals surface area contributed by atoms with Crippen LogP contribution in [0.25, 0.3) is 0 Å². The van der Waals surface area contributed by atoms with E-state index in [0.29, 0.717) is 12.6 Å². The van der Waals surface area contributed by atoms with Gasteiger partial charge in [0.15, 0.2) is 0 Å².